The highest BCUT2D eigenvalue weighted by Crippen LogP contribution is 2.32. The smallest absolute Gasteiger partial charge is 0.253 e. The van der Waals surface area contributed by atoms with Crippen molar-refractivity contribution < 1.29 is 20.1 Å². The Morgan fingerprint density at radius 2 is 1.65 bits per heavy atom. The summed E-state index contributed by atoms with van der Waals surface area (Å²) in [5.74, 6) is 0.965. The summed E-state index contributed by atoms with van der Waals surface area (Å²) in [7, 11) is 0. The maximum atomic E-state index is 13.5. The number of fused-ring (bicyclic) bond motifs is 1. The maximum Gasteiger partial charge on any atom is 0.253 e. The third-order valence-corrected chi connectivity index (χ3v) is 6.77. The minimum atomic E-state index is -0.0846. The van der Waals surface area contributed by atoms with Crippen molar-refractivity contribution in [3.8, 4) is 17.2 Å². The van der Waals surface area contributed by atoms with Gasteiger partial charge in [-0.25, -0.2) is 0 Å². The van der Waals surface area contributed by atoms with Crippen LogP contribution in [-0.4, -0.2) is 58.2 Å². The van der Waals surface area contributed by atoms with E-state index >= 15 is 0 Å². The van der Waals surface area contributed by atoms with E-state index in [2.05, 4.69) is 14.8 Å². The molecule has 1 aliphatic rings. The van der Waals surface area contributed by atoms with Crippen molar-refractivity contribution in [1.82, 2.24) is 14.8 Å². The fraction of sp³-hybridized carbons (Fsp3) is 0.276. The average molecular weight is 524 g/mol. The van der Waals surface area contributed by atoms with Crippen molar-refractivity contribution in [1.29, 1.82) is 0 Å². The fourth-order valence-corrected chi connectivity index (χ4v) is 4.97. The predicted molar refractivity (Wildman–Crippen MR) is 149 cm³/mol. The molecular formula is C29H34ClN3O4. The summed E-state index contributed by atoms with van der Waals surface area (Å²) in [5, 5.41) is 14.2. The van der Waals surface area contributed by atoms with Crippen LogP contribution < -0.4 is 10.1 Å². The number of aromatic hydroxyl groups is 1. The molecule has 0 spiro atoms. The number of aromatic nitrogens is 1. The highest BCUT2D eigenvalue weighted by atomic mass is 35.5. The number of nitrogens with one attached hydrogen (secondary N) is 1. The Hall–Kier alpha value is -3.52. The van der Waals surface area contributed by atoms with Crippen LogP contribution >= 0.6 is 12.4 Å². The third kappa shape index (κ3) is 6.25. The second kappa shape index (κ2) is 12.6. The lowest BCUT2D eigenvalue weighted by molar-refractivity contribution is 0.0906. The van der Waals surface area contributed by atoms with Crippen molar-refractivity contribution >= 4 is 29.2 Å². The standard InChI is InChI=1S/C29H31N3O3.ClH.H2O/c1-21-28(26-20-24(33)12-13-27(26)32(21)23-8-4-2-5-9-23)29(34)30-22-14-16-31(17-15-22)18-19-35-25-10-6-3-7-11-25;;/h2-13,20,22,33H,14-19H2,1H3,(H,30,34);1H;1H2. The number of piperidine rings is 1. The van der Waals surface area contributed by atoms with Crippen molar-refractivity contribution in [2.45, 2.75) is 25.8 Å². The number of nitrogens with zero attached hydrogens (tertiary/aromatic N) is 2. The highest BCUT2D eigenvalue weighted by molar-refractivity contribution is 6.09. The fourth-order valence-electron chi connectivity index (χ4n) is 4.97. The van der Waals surface area contributed by atoms with Crippen LogP contribution in [0.25, 0.3) is 16.6 Å². The number of ether oxygens (including phenoxy) is 1. The van der Waals surface area contributed by atoms with E-state index in [0.717, 1.165) is 60.5 Å². The van der Waals surface area contributed by atoms with Crippen LogP contribution in [-0.2, 0) is 0 Å². The Kier molecular flexibility index (Phi) is 9.58. The van der Waals surface area contributed by atoms with Crippen LogP contribution in [0.5, 0.6) is 11.5 Å². The van der Waals surface area contributed by atoms with Crippen molar-refractivity contribution in [3.63, 3.8) is 0 Å². The lowest BCUT2D eigenvalue weighted by atomic mass is 10.0. The number of para-hydroxylation sites is 2. The van der Waals surface area contributed by atoms with Crippen LogP contribution in [0.15, 0.2) is 78.9 Å². The molecule has 1 amide bonds. The second-order valence-electron chi connectivity index (χ2n) is 9.08. The van der Waals surface area contributed by atoms with Crippen molar-refractivity contribution in [2.75, 3.05) is 26.2 Å². The summed E-state index contributed by atoms with van der Waals surface area (Å²) in [4.78, 5) is 15.9. The van der Waals surface area contributed by atoms with Gasteiger partial charge in [-0.15, -0.1) is 12.4 Å². The van der Waals surface area contributed by atoms with Gasteiger partial charge in [0.25, 0.3) is 5.91 Å². The molecule has 0 aliphatic carbocycles. The normalized spacial score (nSPS) is 14.0. The van der Waals surface area contributed by atoms with Crippen LogP contribution in [0.2, 0.25) is 0 Å². The highest BCUT2D eigenvalue weighted by Gasteiger charge is 2.25. The van der Waals surface area contributed by atoms with E-state index in [-0.39, 0.29) is 35.6 Å². The molecule has 7 nitrogen and oxygen atoms in total. The summed E-state index contributed by atoms with van der Waals surface area (Å²) in [6, 6.07) is 25.2. The van der Waals surface area contributed by atoms with Gasteiger partial charge in [-0.1, -0.05) is 36.4 Å². The minimum absolute atomic E-state index is 0. The summed E-state index contributed by atoms with van der Waals surface area (Å²) in [6.07, 6.45) is 1.80. The molecule has 1 saturated heterocycles. The van der Waals surface area contributed by atoms with E-state index in [4.69, 9.17) is 4.74 Å². The van der Waals surface area contributed by atoms with Crippen molar-refractivity contribution in [3.05, 3.63) is 90.1 Å². The second-order valence-corrected chi connectivity index (χ2v) is 9.08. The van der Waals surface area contributed by atoms with Crippen molar-refractivity contribution in [2.24, 2.45) is 0 Å². The molecule has 1 fully saturated rings. The van der Waals surface area contributed by atoms with Gasteiger partial charge < -0.3 is 25.2 Å². The number of amides is 1. The summed E-state index contributed by atoms with van der Waals surface area (Å²) < 4.78 is 7.91. The number of likely N-dealkylation sites (tertiary alicyclic amines) is 1. The van der Waals surface area contributed by atoms with E-state index in [1.807, 2.05) is 73.7 Å². The molecular weight excluding hydrogens is 490 g/mol. The number of benzene rings is 3. The molecule has 37 heavy (non-hydrogen) atoms. The molecule has 2 heterocycles. The van der Waals surface area contributed by atoms with E-state index in [9.17, 15) is 9.90 Å². The molecule has 1 aliphatic heterocycles. The molecule has 8 heteroatoms. The number of carbonyl (C=O) groups is 1. The summed E-state index contributed by atoms with van der Waals surface area (Å²) >= 11 is 0. The van der Waals surface area contributed by atoms with Gasteiger partial charge in [-0.05, 0) is 62.2 Å². The Morgan fingerprint density at radius 3 is 2.32 bits per heavy atom. The number of carbonyl (C=O) groups excluding carboxylic acids is 1. The number of phenolic OH excluding ortho intramolecular Hbond substituents is 1. The zero-order valence-corrected chi connectivity index (χ0v) is 21.7. The van der Waals surface area contributed by atoms with Gasteiger partial charge in [0.15, 0.2) is 0 Å². The van der Waals surface area contributed by atoms with Crippen LogP contribution in [0.3, 0.4) is 0 Å². The van der Waals surface area contributed by atoms with Gasteiger partial charge >= 0.3 is 0 Å². The summed E-state index contributed by atoms with van der Waals surface area (Å²) in [6.45, 7) is 5.35. The number of halogens is 1. The first-order valence-corrected chi connectivity index (χ1v) is 12.2. The van der Waals surface area contributed by atoms with Gasteiger partial charge in [0.2, 0.25) is 0 Å². The van der Waals surface area contributed by atoms with Gasteiger partial charge in [-0.2, -0.15) is 0 Å². The van der Waals surface area contributed by atoms with E-state index < -0.39 is 0 Å². The first-order chi connectivity index (χ1) is 17.1. The number of hydrogen-bond acceptors (Lipinski definition) is 4. The van der Waals surface area contributed by atoms with Crippen LogP contribution in [0, 0.1) is 6.92 Å². The maximum absolute atomic E-state index is 13.5. The van der Waals surface area contributed by atoms with Gasteiger partial charge in [0.05, 0.1) is 11.1 Å². The Morgan fingerprint density at radius 1 is 1.00 bits per heavy atom. The molecule has 3 aromatic carbocycles. The van der Waals surface area contributed by atoms with Gasteiger partial charge in [0.1, 0.15) is 18.1 Å². The molecule has 4 N–H and O–H groups in total. The number of hydrogen-bond donors (Lipinski definition) is 2. The molecule has 0 atom stereocenters. The topological polar surface area (TPSA) is 98.2 Å². The first-order valence-electron chi connectivity index (χ1n) is 12.2. The molecule has 0 unspecified atom stereocenters. The van der Waals surface area contributed by atoms with Gasteiger partial charge in [-0.3, -0.25) is 9.69 Å². The minimum Gasteiger partial charge on any atom is -0.508 e. The predicted octanol–water partition coefficient (Wildman–Crippen LogP) is 4.51. The average Bonchev–Trinajstić information content (AvgIpc) is 3.17. The van der Waals surface area contributed by atoms with E-state index in [1.165, 1.54) is 0 Å². The van der Waals surface area contributed by atoms with Crippen LogP contribution in [0.1, 0.15) is 28.9 Å². The lowest BCUT2D eigenvalue weighted by Gasteiger charge is -2.32. The Bertz CT molecular complexity index is 1300. The quantitative estimate of drug-likeness (QED) is 0.372. The molecule has 5 rings (SSSR count). The molecule has 4 aromatic rings. The zero-order valence-electron chi connectivity index (χ0n) is 20.9. The first kappa shape index (κ1) is 28.1. The molecule has 0 bridgehead atoms. The SMILES string of the molecule is Cc1c(C(=O)NC2CCN(CCOc3ccccc3)CC2)c2cc(O)ccc2n1-c1ccccc1.Cl.O. The molecule has 1 aromatic heterocycles. The largest absolute Gasteiger partial charge is 0.508 e. The number of phenols is 1. The summed E-state index contributed by atoms with van der Waals surface area (Å²) in [5.41, 5.74) is 3.39. The lowest BCUT2D eigenvalue weighted by Crippen LogP contribution is -2.45. The third-order valence-electron chi connectivity index (χ3n) is 6.77. The molecule has 0 saturated carbocycles. The van der Waals surface area contributed by atoms with Crippen LogP contribution in [0.4, 0.5) is 0 Å². The Balaban J connectivity index is 0.00000190. The van der Waals surface area contributed by atoms with E-state index in [1.54, 1.807) is 12.1 Å². The monoisotopic (exact) mass is 523 g/mol. The number of rotatable bonds is 7. The molecule has 196 valence electrons. The van der Waals surface area contributed by atoms with Gasteiger partial charge in [0, 0.05) is 42.4 Å². The van der Waals surface area contributed by atoms with E-state index in [0.29, 0.717) is 12.2 Å². The molecule has 0 radical (unpaired) electrons. The zero-order chi connectivity index (χ0) is 24.2. The Labute approximate surface area is 223 Å².